The Kier molecular flexibility index (Phi) is 6.08. The molecule has 1 aromatic heterocycles. The fourth-order valence-corrected chi connectivity index (χ4v) is 2.75. The van der Waals surface area contributed by atoms with E-state index in [2.05, 4.69) is 47.7 Å². The number of benzene rings is 1. The highest BCUT2D eigenvalue weighted by Crippen LogP contribution is 2.30. The maximum Gasteiger partial charge on any atom is 0.132 e. The Hall–Kier alpha value is -1.52. The van der Waals surface area contributed by atoms with E-state index in [4.69, 9.17) is 4.74 Å². The molecule has 1 atom stereocenters. The van der Waals surface area contributed by atoms with Crippen molar-refractivity contribution in [1.29, 1.82) is 0 Å². The molecule has 1 aromatic carbocycles. The third-order valence-corrected chi connectivity index (χ3v) is 4.24. The lowest BCUT2D eigenvalue weighted by Crippen LogP contribution is -2.21. The number of hydrogen-bond acceptors (Lipinski definition) is 4. The average molecular weight is 302 g/mol. The lowest BCUT2D eigenvalue weighted by Gasteiger charge is -2.16. The number of nitrogens with zero attached hydrogens (tertiary/aromatic N) is 1. The van der Waals surface area contributed by atoms with Gasteiger partial charge in [0.05, 0.1) is 7.11 Å². The fraction of sp³-hybridized carbons (Fsp3) is 0.353. The minimum absolute atomic E-state index is 0.290. The maximum atomic E-state index is 5.44. The first-order chi connectivity index (χ1) is 10.2. The van der Waals surface area contributed by atoms with Crippen LogP contribution in [0, 0.1) is 0 Å². The van der Waals surface area contributed by atoms with Crippen LogP contribution in [-0.2, 0) is 6.42 Å². The Bertz CT molecular complexity index is 560. The number of thioether (sulfide) groups is 1. The van der Waals surface area contributed by atoms with Gasteiger partial charge in [-0.15, -0.1) is 11.8 Å². The normalized spacial score (nSPS) is 12.1. The molecule has 0 fully saturated rings. The van der Waals surface area contributed by atoms with Crippen LogP contribution in [0.15, 0.2) is 47.5 Å². The first kappa shape index (κ1) is 15.9. The molecule has 112 valence electrons. The topological polar surface area (TPSA) is 34.1 Å². The molecule has 21 heavy (non-hydrogen) atoms. The molecule has 4 heteroatoms. The summed E-state index contributed by atoms with van der Waals surface area (Å²) in [6.45, 7) is 3.08. The van der Waals surface area contributed by atoms with Gasteiger partial charge < -0.3 is 10.1 Å². The van der Waals surface area contributed by atoms with Gasteiger partial charge in [-0.05, 0) is 43.0 Å². The lowest BCUT2D eigenvalue weighted by atomic mass is 10.1. The van der Waals surface area contributed by atoms with E-state index in [1.807, 2.05) is 18.3 Å². The first-order valence-corrected chi connectivity index (χ1v) is 8.32. The molecule has 0 spiro atoms. The number of pyridine rings is 1. The van der Waals surface area contributed by atoms with Gasteiger partial charge >= 0.3 is 0 Å². The standard InChI is InChI=1S/C17H22N2OS/c1-13(18-11-9-15-6-4-5-10-19-15)14-7-8-17(21-3)16(12-14)20-2/h4-8,10,12-13,18H,9,11H2,1-3H3/t13-/m0/s1. The molecule has 0 radical (unpaired) electrons. The van der Waals surface area contributed by atoms with Crippen molar-refractivity contribution in [3.8, 4) is 5.75 Å². The summed E-state index contributed by atoms with van der Waals surface area (Å²) >= 11 is 1.70. The van der Waals surface area contributed by atoms with Crippen LogP contribution in [0.5, 0.6) is 5.75 Å². The van der Waals surface area contributed by atoms with E-state index in [9.17, 15) is 0 Å². The van der Waals surface area contributed by atoms with Crippen LogP contribution >= 0.6 is 11.8 Å². The Morgan fingerprint density at radius 3 is 2.81 bits per heavy atom. The van der Waals surface area contributed by atoms with Gasteiger partial charge in [-0.1, -0.05) is 12.1 Å². The molecular weight excluding hydrogens is 280 g/mol. The van der Waals surface area contributed by atoms with Gasteiger partial charge in [0.1, 0.15) is 5.75 Å². The van der Waals surface area contributed by atoms with Gasteiger partial charge in [-0.25, -0.2) is 0 Å². The van der Waals surface area contributed by atoms with Crippen molar-refractivity contribution in [2.45, 2.75) is 24.3 Å². The van der Waals surface area contributed by atoms with E-state index >= 15 is 0 Å². The largest absolute Gasteiger partial charge is 0.496 e. The van der Waals surface area contributed by atoms with Crippen LogP contribution in [0.1, 0.15) is 24.2 Å². The predicted molar refractivity (Wildman–Crippen MR) is 89.1 cm³/mol. The number of nitrogens with one attached hydrogen (secondary N) is 1. The zero-order valence-corrected chi connectivity index (χ0v) is 13.6. The Balaban J connectivity index is 1.92. The van der Waals surface area contributed by atoms with Gasteiger partial charge in [-0.2, -0.15) is 0 Å². The second kappa shape index (κ2) is 8.05. The monoisotopic (exact) mass is 302 g/mol. The Morgan fingerprint density at radius 1 is 1.29 bits per heavy atom. The predicted octanol–water partition coefficient (Wildman–Crippen LogP) is 3.71. The van der Waals surface area contributed by atoms with E-state index in [0.29, 0.717) is 6.04 Å². The van der Waals surface area contributed by atoms with E-state index in [1.54, 1.807) is 18.9 Å². The van der Waals surface area contributed by atoms with Gasteiger partial charge in [0.2, 0.25) is 0 Å². The second-order valence-electron chi connectivity index (χ2n) is 4.86. The van der Waals surface area contributed by atoms with Crippen molar-refractivity contribution in [2.75, 3.05) is 19.9 Å². The zero-order chi connectivity index (χ0) is 15.1. The highest BCUT2D eigenvalue weighted by atomic mass is 32.2. The molecule has 0 unspecified atom stereocenters. The minimum atomic E-state index is 0.290. The highest BCUT2D eigenvalue weighted by Gasteiger charge is 2.09. The number of ether oxygens (including phenoxy) is 1. The molecule has 2 aromatic rings. The SMILES string of the molecule is COc1cc([C@H](C)NCCc2ccccn2)ccc1SC. The molecule has 0 saturated heterocycles. The summed E-state index contributed by atoms with van der Waals surface area (Å²) in [5.41, 5.74) is 2.36. The summed E-state index contributed by atoms with van der Waals surface area (Å²) in [5, 5.41) is 3.53. The molecular formula is C17H22N2OS. The molecule has 1 N–H and O–H groups in total. The summed E-state index contributed by atoms with van der Waals surface area (Å²) in [5.74, 6) is 0.943. The minimum Gasteiger partial charge on any atom is -0.496 e. The van der Waals surface area contributed by atoms with Crippen LogP contribution in [0.2, 0.25) is 0 Å². The van der Waals surface area contributed by atoms with Gasteiger partial charge in [-0.3, -0.25) is 4.98 Å². The Morgan fingerprint density at radius 2 is 2.14 bits per heavy atom. The molecule has 0 aliphatic rings. The van der Waals surface area contributed by atoms with Gasteiger partial charge in [0.15, 0.2) is 0 Å². The summed E-state index contributed by atoms with van der Waals surface area (Å²) in [7, 11) is 1.72. The molecule has 3 nitrogen and oxygen atoms in total. The molecule has 0 aliphatic heterocycles. The molecule has 0 amide bonds. The van der Waals surface area contributed by atoms with Crippen LogP contribution in [0.3, 0.4) is 0 Å². The number of methoxy groups -OCH3 is 1. The quantitative estimate of drug-likeness (QED) is 0.791. The molecule has 2 rings (SSSR count). The van der Waals surface area contributed by atoms with Crippen molar-refractivity contribution < 1.29 is 4.74 Å². The first-order valence-electron chi connectivity index (χ1n) is 7.10. The number of hydrogen-bond donors (Lipinski definition) is 1. The van der Waals surface area contributed by atoms with Crippen LogP contribution in [0.4, 0.5) is 0 Å². The molecule has 0 aliphatic carbocycles. The summed E-state index contributed by atoms with van der Waals surface area (Å²) in [6.07, 6.45) is 4.84. The summed E-state index contributed by atoms with van der Waals surface area (Å²) < 4.78 is 5.44. The fourth-order valence-electron chi connectivity index (χ4n) is 2.20. The second-order valence-corrected chi connectivity index (χ2v) is 5.71. The number of aromatic nitrogens is 1. The molecule has 0 saturated carbocycles. The average Bonchev–Trinajstić information content (AvgIpc) is 2.55. The van der Waals surface area contributed by atoms with E-state index < -0.39 is 0 Å². The van der Waals surface area contributed by atoms with Crippen molar-refractivity contribution in [3.05, 3.63) is 53.9 Å². The van der Waals surface area contributed by atoms with Crippen molar-refractivity contribution >= 4 is 11.8 Å². The van der Waals surface area contributed by atoms with Crippen molar-refractivity contribution in [1.82, 2.24) is 10.3 Å². The van der Waals surface area contributed by atoms with Gasteiger partial charge in [0, 0.05) is 35.8 Å². The Labute approximate surface area is 131 Å². The third-order valence-electron chi connectivity index (χ3n) is 3.47. The summed E-state index contributed by atoms with van der Waals surface area (Å²) in [6, 6.07) is 12.7. The molecule has 1 heterocycles. The molecule has 0 bridgehead atoms. The highest BCUT2D eigenvalue weighted by molar-refractivity contribution is 7.98. The maximum absolute atomic E-state index is 5.44. The number of rotatable bonds is 7. The van der Waals surface area contributed by atoms with Crippen molar-refractivity contribution in [2.24, 2.45) is 0 Å². The van der Waals surface area contributed by atoms with Crippen LogP contribution < -0.4 is 10.1 Å². The third kappa shape index (κ3) is 4.48. The smallest absolute Gasteiger partial charge is 0.132 e. The van der Waals surface area contributed by atoms with Gasteiger partial charge in [0.25, 0.3) is 0 Å². The van der Waals surface area contributed by atoms with E-state index in [-0.39, 0.29) is 0 Å². The van der Waals surface area contributed by atoms with E-state index in [0.717, 1.165) is 24.4 Å². The lowest BCUT2D eigenvalue weighted by molar-refractivity contribution is 0.403. The zero-order valence-electron chi connectivity index (χ0n) is 12.8. The van der Waals surface area contributed by atoms with Crippen molar-refractivity contribution in [3.63, 3.8) is 0 Å². The van der Waals surface area contributed by atoms with Crippen LogP contribution in [0.25, 0.3) is 0 Å². The van der Waals surface area contributed by atoms with E-state index in [1.165, 1.54) is 10.5 Å². The van der Waals surface area contributed by atoms with Crippen LogP contribution in [-0.4, -0.2) is 24.9 Å². The summed E-state index contributed by atoms with van der Waals surface area (Å²) in [4.78, 5) is 5.50.